The number of H-pyrrole nitrogens is 1. The molecule has 0 aliphatic carbocycles. The van der Waals surface area contributed by atoms with Gasteiger partial charge in [0.05, 0.1) is 5.25 Å². The lowest BCUT2D eigenvalue weighted by atomic mass is 10.0. The van der Waals surface area contributed by atoms with Gasteiger partial charge in [0.2, 0.25) is 5.16 Å². The summed E-state index contributed by atoms with van der Waals surface area (Å²) in [7, 11) is 0. The molecule has 0 aliphatic heterocycles. The molecule has 3 aromatic carbocycles. The van der Waals surface area contributed by atoms with Crippen molar-refractivity contribution in [3.8, 4) is 11.4 Å². The van der Waals surface area contributed by atoms with E-state index in [1.54, 1.807) is 11.8 Å². The minimum atomic E-state index is 0.0876. The third-order valence-electron chi connectivity index (χ3n) is 4.60. The van der Waals surface area contributed by atoms with Crippen LogP contribution in [-0.4, -0.2) is 15.2 Å². The van der Waals surface area contributed by atoms with E-state index in [1.807, 2.05) is 18.2 Å². The molecule has 1 heterocycles. The van der Waals surface area contributed by atoms with Gasteiger partial charge >= 0.3 is 0 Å². The first-order valence-electron chi connectivity index (χ1n) is 9.21. The van der Waals surface area contributed by atoms with E-state index in [1.165, 1.54) is 16.7 Å². The molecular weight excluding hydrogens is 386 g/mol. The molecule has 1 N–H and O–H groups in total. The van der Waals surface area contributed by atoms with Crippen molar-refractivity contribution in [1.29, 1.82) is 0 Å². The number of hydrogen-bond acceptors (Lipinski definition) is 3. The molecule has 0 saturated heterocycles. The first kappa shape index (κ1) is 18.8. The van der Waals surface area contributed by atoms with E-state index in [4.69, 9.17) is 16.6 Å². The van der Waals surface area contributed by atoms with Crippen LogP contribution >= 0.6 is 23.4 Å². The number of aromatic nitrogens is 3. The normalized spacial score (nSPS) is 12.1. The number of hydrogen-bond donors (Lipinski definition) is 1. The summed E-state index contributed by atoms with van der Waals surface area (Å²) >= 11 is 7.71. The highest BCUT2D eigenvalue weighted by Crippen LogP contribution is 2.39. The summed E-state index contributed by atoms with van der Waals surface area (Å²) in [5.41, 5.74) is 4.72. The van der Waals surface area contributed by atoms with Gasteiger partial charge in [0.15, 0.2) is 5.82 Å². The number of thioether (sulfide) groups is 1. The molecule has 140 valence electrons. The Bertz CT molecular complexity index is 1030. The van der Waals surface area contributed by atoms with E-state index < -0.39 is 0 Å². The van der Waals surface area contributed by atoms with E-state index in [0.717, 1.165) is 28.0 Å². The van der Waals surface area contributed by atoms with E-state index in [0.29, 0.717) is 0 Å². The molecule has 3 nitrogen and oxygen atoms in total. The SMILES string of the molecule is CCc1ccc(-c2nc(S[C@H](c3ccccc3)c3ccc(Cl)cc3)n[nH]2)cc1. The van der Waals surface area contributed by atoms with E-state index in [9.17, 15) is 0 Å². The van der Waals surface area contributed by atoms with E-state index in [2.05, 4.69) is 77.8 Å². The number of nitrogens with one attached hydrogen (secondary N) is 1. The lowest BCUT2D eigenvalue weighted by molar-refractivity contribution is 0.965. The number of rotatable bonds is 6. The summed E-state index contributed by atoms with van der Waals surface area (Å²) in [5, 5.41) is 9.06. The Balaban J connectivity index is 1.62. The number of halogens is 1. The van der Waals surface area contributed by atoms with Crippen molar-refractivity contribution in [3.63, 3.8) is 0 Å². The van der Waals surface area contributed by atoms with Crippen LogP contribution in [0.3, 0.4) is 0 Å². The van der Waals surface area contributed by atoms with Crippen LogP contribution in [0.1, 0.15) is 28.9 Å². The van der Waals surface area contributed by atoms with Gasteiger partial charge < -0.3 is 0 Å². The number of aryl methyl sites for hydroxylation is 1. The second-order valence-corrected chi connectivity index (χ2v) is 7.99. The van der Waals surface area contributed by atoms with Crippen molar-refractivity contribution in [1.82, 2.24) is 15.2 Å². The molecule has 5 heteroatoms. The lowest BCUT2D eigenvalue weighted by Gasteiger charge is -2.16. The van der Waals surface area contributed by atoms with Gasteiger partial charge in [-0.25, -0.2) is 4.98 Å². The Morgan fingerprint density at radius 2 is 1.57 bits per heavy atom. The molecule has 4 aromatic rings. The van der Waals surface area contributed by atoms with Crippen molar-refractivity contribution in [2.45, 2.75) is 23.8 Å². The summed E-state index contributed by atoms with van der Waals surface area (Å²) in [5.74, 6) is 0.785. The van der Waals surface area contributed by atoms with Gasteiger partial charge in [0, 0.05) is 10.6 Å². The highest BCUT2D eigenvalue weighted by molar-refractivity contribution is 7.99. The first-order valence-corrected chi connectivity index (χ1v) is 10.5. The van der Waals surface area contributed by atoms with Crippen LogP contribution in [0.15, 0.2) is 84.0 Å². The Hall–Kier alpha value is -2.56. The molecule has 0 amide bonds. The fraction of sp³-hybridized carbons (Fsp3) is 0.130. The molecule has 0 fully saturated rings. The van der Waals surface area contributed by atoms with Crippen LogP contribution < -0.4 is 0 Å². The van der Waals surface area contributed by atoms with Crippen molar-refractivity contribution in [2.24, 2.45) is 0 Å². The molecule has 0 saturated carbocycles. The summed E-state index contributed by atoms with van der Waals surface area (Å²) in [6, 6.07) is 26.8. The van der Waals surface area contributed by atoms with Crippen molar-refractivity contribution in [2.75, 3.05) is 0 Å². The predicted octanol–water partition coefficient (Wildman–Crippen LogP) is 6.57. The van der Waals surface area contributed by atoms with Gasteiger partial charge in [-0.1, -0.05) is 97.0 Å². The van der Waals surface area contributed by atoms with Crippen LogP contribution in [0.25, 0.3) is 11.4 Å². The molecule has 0 unspecified atom stereocenters. The Morgan fingerprint density at radius 1 is 0.893 bits per heavy atom. The van der Waals surface area contributed by atoms with Gasteiger partial charge in [-0.3, -0.25) is 5.10 Å². The average molecular weight is 406 g/mol. The van der Waals surface area contributed by atoms with Gasteiger partial charge in [-0.05, 0) is 35.2 Å². The van der Waals surface area contributed by atoms with Gasteiger partial charge in [-0.15, -0.1) is 5.10 Å². The minimum absolute atomic E-state index is 0.0876. The highest BCUT2D eigenvalue weighted by atomic mass is 35.5. The van der Waals surface area contributed by atoms with Crippen LogP contribution in [-0.2, 0) is 6.42 Å². The van der Waals surface area contributed by atoms with Crippen LogP contribution in [0, 0.1) is 0 Å². The third kappa shape index (κ3) is 4.29. The predicted molar refractivity (Wildman–Crippen MR) is 117 cm³/mol. The Morgan fingerprint density at radius 3 is 2.25 bits per heavy atom. The number of benzene rings is 3. The fourth-order valence-electron chi connectivity index (χ4n) is 3.03. The lowest BCUT2D eigenvalue weighted by Crippen LogP contribution is -1.97. The topological polar surface area (TPSA) is 41.6 Å². The summed E-state index contributed by atoms with van der Waals surface area (Å²) in [4.78, 5) is 4.71. The minimum Gasteiger partial charge on any atom is -0.258 e. The molecular formula is C23H20ClN3S. The van der Waals surface area contributed by atoms with E-state index >= 15 is 0 Å². The maximum absolute atomic E-state index is 6.08. The number of aromatic amines is 1. The molecule has 0 aliphatic rings. The fourth-order valence-corrected chi connectivity index (χ4v) is 4.19. The maximum Gasteiger partial charge on any atom is 0.209 e. The van der Waals surface area contributed by atoms with Crippen LogP contribution in [0.4, 0.5) is 0 Å². The quantitative estimate of drug-likeness (QED) is 0.369. The van der Waals surface area contributed by atoms with Crippen LogP contribution in [0.2, 0.25) is 5.02 Å². The second kappa shape index (κ2) is 8.63. The standard InChI is InChI=1S/C23H20ClN3S/c1-2-16-8-10-19(11-9-16)22-25-23(27-26-22)28-21(17-6-4-3-5-7-17)18-12-14-20(24)15-13-18/h3-15,21H,2H2,1H3,(H,25,26,27)/t21-/m1/s1. The van der Waals surface area contributed by atoms with Crippen LogP contribution in [0.5, 0.6) is 0 Å². The van der Waals surface area contributed by atoms with Gasteiger partial charge in [0.25, 0.3) is 0 Å². The molecule has 0 spiro atoms. The summed E-state index contributed by atoms with van der Waals surface area (Å²) in [6.07, 6.45) is 1.03. The second-order valence-electron chi connectivity index (χ2n) is 6.48. The zero-order chi connectivity index (χ0) is 19.3. The monoisotopic (exact) mass is 405 g/mol. The maximum atomic E-state index is 6.08. The zero-order valence-electron chi connectivity index (χ0n) is 15.5. The zero-order valence-corrected chi connectivity index (χ0v) is 17.0. The highest BCUT2D eigenvalue weighted by Gasteiger charge is 2.18. The molecule has 0 bridgehead atoms. The van der Waals surface area contributed by atoms with Crippen molar-refractivity contribution >= 4 is 23.4 Å². The molecule has 0 radical (unpaired) electrons. The van der Waals surface area contributed by atoms with Crippen molar-refractivity contribution < 1.29 is 0 Å². The summed E-state index contributed by atoms with van der Waals surface area (Å²) < 4.78 is 0. The first-order chi connectivity index (χ1) is 13.7. The summed E-state index contributed by atoms with van der Waals surface area (Å²) in [6.45, 7) is 2.15. The largest absolute Gasteiger partial charge is 0.258 e. The Kier molecular flexibility index (Phi) is 5.79. The molecule has 28 heavy (non-hydrogen) atoms. The third-order valence-corrected chi connectivity index (χ3v) is 6.02. The molecule has 1 aromatic heterocycles. The smallest absolute Gasteiger partial charge is 0.209 e. The van der Waals surface area contributed by atoms with Crippen molar-refractivity contribution in [3.05, 3.63) is 101 Å². The molecule has 4 rings (SSSR count). The number of nitrogens with zero attached hydrogens (tertiary/aromatic N) is 2. The Labute approximate surface area is 174 Å². The van der Waals surface area contributed by atoms with E-state index in [-0.39, 0.29) is 5.25 Å². The van der Waals surface area contributed by atoms with Gasteiger partial charge in [0.1, 0.15) is 0 Å². The van der Waals surface area contributed by atoms with Gasteiger partial charge in [-0.2, -0.15) is 0 Å². The average Bonchev–Trinajstić information content (AvgIpc) is 3.22. The molecule has 1 atom stereocenters.